The summed E-state index contributed by atoms with van der Waals surface area (Å²) in [5.74, 6) is 0. The number of aromatic nitrogens is 1. The Morgan fingerprint density at radius 3 is 2.35 bits per heavy atom. The molecule has 3 aromatic carbocycles. The SMILES string of the molecule is C=C/C=C/C=C\C=C/N=C(\C=C(/C)c1ccc(-c2ccccc2)cc1)C1=C/C=C\C(=C/C)\C=C/c2cccnc2C/C=C/C(c2ccc(CCCC)c(/C=C\C=C/C)c2)=C\1. The van der Waals surface area contributed by atoms with Crippen molar-refractivity contribution in [3.63, 3.8) is 0 Å². The van der Waals surface area contributed by atoms with E-state index in [1.807, 2.05) is 55.8 Å². The number of allylic oxidation sites excluding steroid dienone is 22. The zero-order valence-electron chi connectivity index (χ0n) is 35.7. The van der Waals surface area contributed by atoms with Gasteiger partial charge in [0.2, 0.25) is 0 Å². The van der Waals surface area contributed by atoms with Crippen LogP contribution in [0, 0.1) is 0 Å². The number of aryl methyl sites for hydroxylation is 1. The van der Waals surface area contributed by atoms with Crippen molar-refractivity contribution in [3.05, 3.63) is 258 Å². The van der Waals surface area contributed by atoms with Crippen molar-refractivity contribution in [3.8, 4) is 11.1 Å². The highest BCUT2D eigenvalue weighted by atomic mass is 14.7. The highest BCUT2D eigenvalue weighted by Gasteiger charge is 2.10. The van der Waals surface area contributed by atoms with Crippen LogP contribution in [0.3, 0.4) is 0 Å². The molecule has 2 heteroatoms. The molecule has 0 unspecified atom stereocenters. The molecule has 0 radical (unpaired) electrons. The molecule has 1 aliphatic carbocycles. The molecule has 0 spiro atoms. The van der Waals surface area contributed by atoms with Gasteiger partial charge in [-0.05, 0) is 120 Å². The van der Waals surface area contributed by atoms with Crippen LogP contribution in [-0.2, 0) is 12.8 Å². The fourth-order valence-corrected chi connectivity index (χ4v) is 6.65. The van der Waals surface area contributed by atoms with Gasteiger partial charge in [-0.25, -0.2) is 0 Å². The minimum absolute atomic E-state index is 0.689. The summed E-state index contributed by atoms with van der Waals surface area (Å²) in [6.45, 7) is 12.3. The van der Waals surface area contributed by atoms with Gasteiger partial charge in [-0.1, -0.05) is 196 Å². The van der Waals surface area contributed by atoms with E-state index < -0.39 is 0 Å². The molecular formula is C58H58N2. The third kappa shape index (κ3) is 13.9. The largest absolute Gasteiger partial charge is 0.260 e. The summed E-state index contributed by atoms with van der Waals surface area (Å²) >= 11 is 0. The maximum absolute atomic E-state index is 5.15. The van der Waals surface area contributed by atoms with E-state index in [1.165, 1.54) is 22.3 Å². The van der Waals surface area contributed by atoms with Crippen LogP contribution < -0.4 is 0 Å². The lowest BCUT2D eigenvalue weighted by atomic mass is 9.93. The first-order chi connectivity index (χ1) is 29.5. The standard InChI is InChI=1S/C58H58N2/c1-6-10-13-14-15-20-41-60-58(43-46(5)48-35-37-51(38-36-48)49-26-18-16-19-27-49)56-30-21-24-47(9-4)33-34-52-31-23-42-59-57(52)32-22-29-54(45-56)55-40-39-50(25-12-8-3)53(44-55)28-17-11-7-2/h6-7,9-11,13-24,26-31,33-45H,1,8,12,25,32H2,2-5H3/b11-7-,13-10+,15-14-,24-21-,28-17-,29-22+,34-33-,41-20-,46-43+,47-9+,54-45+,56-30+,60-58+. The molecule has 1 aromatic heterocycles. The van der Waals surface area contributed by atoms with Crippen LogP contribution in [0.25, 0.3) is 34.4 Å². The van der Waals surface area contributed by atoms with Gasteiger partial charge >= 0.3 is 0 Å². The fraction of sp³-hybridized carbons (Fsp3) is 0.138. The van der Waals surface area contributed by atoms with E-state index in [0.717, 1.165) is 69.7 Å². The number of pyridine rings is 1. The number of unbranched alkanes of at least 4 members (excludes halogenated alkanes) is 1. The number of hydrogen-bond acceptors (Lipinski definition) is 2. The number of benzene rings is 3. The molecule has 0 atom stereocenters. The fourth-order valence-electron chi connectivity index (χ4n) is 6.65. The Morgan fingerprint density at radius 2 is 1.57 bits per heavy atom. The summed E-state index contributed by atoms with van der Waals surface area (Å²) in [6, 6.07) is 30.3. The van der Waals surface area contributed by atoms with Gasteiger partial charge in [0, 0.05) is 24.4 Å². The van der Waals surface area contributed by atoms with Crippen LogP contribution in [-0.4, -0.2) is 10.7 Å². The Bertz CT molecular complexity index is 2440. The van der Waals surface area contributed by atoms with Crippen molar-refractivity contribution < 1.29 is 0 Å². The van der Waals surface area contributed by atoms with E-state index in [-0.39, 0.29) is 0 Å². The van der Waals surface area contributed by atoms with Crippen molar-refractivity contribution in [1.82, 2.24) is 4.98 Å². The molecule has 0 N–H and O–H groups in total. The van der Waals surface area contributed by atoms with Gasteiger partial charge in [0.05, 0.1) is 11.4 Å². The molecule has 5 rings (SSSR count). The average Bonchev–Trinajstić information content (AvgIpc) is 3.28. The first kappa shape index (κ1) is 44.2. The summed E-state index contributed by atoms with van der Waals surface area (Å²) in [5, 5.41) is 0. The van der Waals surface area contributed by atoms with E-state index in [4.69, 9.17) is 9.98 Å². The zero-order chi connectivity index (χ0) is 42.2. The second-order valence-corrected chi connectivity index (χ2v) is 14.4. The molecule has 1 aliphatic rings. The van der Waals surface area contributed by atoms with Crippen LogP contribution in [0.15, 0.2) is 229 Å². The highest BCUT2D eigenvalue weighted by molar-refractivity contribution is 6.15. The van der Waals surface area contributed by atoms with Gasteiger partial charge in [-0.2, -0.15) is 0 Å². The van der Waals surface area contributed by atoms with Crippen LogP contribution in [0.4, 0.5) is 0 Å². The van der Waals surface area contributed by atoms with E-state index in [2.05, 4.69) is 191 Å². The number of rotatable bonds is 14. The van der Waals surface area contributed by atoms with E-state index >= 15 is 0 Å². The maximum Gasteiger partial charge on any atom is 0.0704 e. The molecule has 2 nitrogen and oxygen atoms in total. The Balaban J connectivity index is 1.72. The Labute approximate surface area is 360 Å². The van der Waals surface area contributed by atoms with Gasteiger partial charge in [-0.15, -0.1) is 0 Å². The third-order valence-electron chi connectivity index (χ3n) is 10.0. The minimum Gasteiger partial charge on any atom is -0.260 e. The lowest BCUT2D eigenvalue weighted by Crippen LogP contribution is -2.00. The average molecular weight is 783 g/mol. The number of nitrogens with zero attached hydrogens (tertiary/aromatic N) is 2. The predicted octanol–water partition coefficient (Wildman–Crippen LogP) is 15.7. The predicted molar refractivity (Wildman–Crippen MR) is 265 cm³/mol. The summed E-state index contributed by atoms with van der Waals surface area (Å²) in [7, 11) is 0. The zero-order valence-corrected chi connectivity index (χ0v) is 35.7. The van der Waals surface area contributed by atoms with Crippen LogP contribution in [0.5, 0.6) is 0 Å². The Kier molecular flexibility index (Phi) is 18.3. The Hall–Kier alpha value is -6.90. The molecule has 4 aromatic rings. The summed E-state index contributed by atoms with van der Waals surface area (Å²) in [6.07, 6.45) is 49.6. The summed E-state index contributed by atoms with van der Waals surface area (Å²) in [4.78, 5) is 9.94. The van der Waals surface area contributed by atoms with Crippen LogP contribution >= 0.6 is 0 Å². The molecule has 0 fully saturated rings. The summed E-state index contributed by atoms with van der Waals surface area (Å²) in [5.41, 5.74) is 14.5. The first-order valence-electron chi connectivity index (χ1n) is 21.0. The number of hydrogen-bond donors (Lipinski definition) is 0. The summed E-state index contributed by atoms with van der Waals surface area (Å²) < 4.78 is 0. The van der Waals surface area contributed by atoms with Crippen LogP contribution in [0.2, 0.25) is 0 Å². The van der Waals surface area contributed by atoms with Crippen molar-refractivity contribution in [2.24, 2.45) is 4.99 Å². The first-order valence-corrected chi connectivity index (χ1v) is 21.0. The second-order valence-electron chi connectivity index (χ2n) is 14.4. The van der Waals surface area contributed by atoms with Gasteiger partial charge in [-0.3, -0.25) is 9.98 Å². The molecular weight excluding hydrogens is 725 g/mol. The molecule has 300 valence electrons. The van der Waals surface area contributed by atoms with Crippen LogP contribution in [0.1, 0.15) is 74.0 Å². The normalized spacial score (nSPS) is 18.4. The monoisotopic (exact) mass is 782 g/mol. The van der Waals surface area contributed by atoms with E-state index in [1.54, 1.807) is 6.08 Å². The quantitative estimate of drug-likeness (QED) is 0.0924. The van der Waals surface area contributed by atoms with Gasteiger partial charge < -0.3 is 0 Å². The number of fused-ring (bicyclic) bond motifs is 1. The lowest BCUT2D eigenvalue weighted by molar-refractivity contribution is 0.794. The van der Waals surface area contributed by atoms with E-state index in [9.17, 15) is 0 Å². The molecule has 0 saturated carbocycles. The topological polar surface area (TPSA) is 25.2 Å². The van der Waals surface area contributed by atoms with Gasteiger partial charge in [0.15, 0.2) is 0 Å². The minimum atomic E-state index is 0.689. The van der Waals surface area contributed by atoms with E-state index in [0.29, 0.717) is 6.42 Å². The second kappa shape index (κ2) is 24.8. The molecule has 0 aliphatic heterocycles. The molecule has 1 heterocycles. The highest BCUT2D eigenvalue weighted by Crippen LogP contribution is 2.27. The molecule has 0 amide bonds. The smallest absolute Gasteiger partial charge is 0.0704 e. The van der Waals surface area contributed by atoms with Gasteiger partial charge in [0.25, 0.3) is 0 Å². The molecule has 60 heavy (non-hydrogen) atoms. The lowest BCUT2D eigenvalue weighted by Gasteiger charge is -2.13. The van der Waals surface area contributed by atoms with Crippen molar-refractivity contribution >= 4 is 29.0 Å². The number of aliphatic imine (C=N–C) groups is 1. The molecule has 0 saturated heterocycles. The molecule has 0 bridgehead atoms. The third-order valence-corrected chi connectivity index (χ3v) is 10.0. The van der Waals surface area contributed by atoms with Crippen molar-refractivity contribution in [2.45, 2.75) is 53.4 Å². The maximum atomic E-state index is 5.15. The van der Waals surface area contributed by atoms with Crippen molar-refractivity contribution in [2.75, 3.05) is 0 Å². The van der Waals surface area contributed by atoms with Gasteiger partial charge in [0.1, 0.15) is 0 Å². The Morgan fingerprint density at radius 1 is 0.783 bits per heavy atom. The van der Waals surface area contributed by atoms with Crippen molar-refractivity contribution in [1.29, 1.82) is 0 Å².